The van der Waals surface area contributed by atoms with Crippen LogP contribution in [0.15, 0.2) is 33.8 Å². The molecule has 2 N–H and O–H groups in total. The molecule has 0 radical (unpaired) electrons. The minimum atomic E-state index is -0.326. The molecule has 0 aliphatic carbocycles. The van der Waals surface area contributed by atoms with E-state index in [2.05, 4.69) is 15.5 Å². The van der Waals surface area contributed by atoms with Crippen molar-refractivity contribution in [1.82, 2.24) is 15.5 Å². The average Bonchev–Trinajstić information content (AvgIpc) is 2.83. The van der Waals surface area contributed by atoms with E-state index < -0.39 is 0 Å². The van der Waals surface area contributed by atoms with Crippen LogP contribution < -0.4 is 10.9 Å². The number of nitrogens with one attached hydrogen (secondary N) is 2. The lowest BCUT2D eigenvalue weighted by Crippen LogP contribution is -2.28. The number of hydrogen-bond donors (Lipinski definition) is 2. The van der Waals surface area contributed by atoms with Gasteiger partial charge in [-0.05, 0) is 35.4 Å². The molecule has 0 saturated carbocycles. The molecule has 0 fully saturated rings. The lowest BCUT2D eigenvalue weighted by Gasteiger charge is -2.11. The topological polar surface area (TPSA) is 74.8 Å². The first kappa shape index (κ1) is 11.5. The molecule has 0 spiro atoms. The molecular formula is C11H11N3O2S. The maximum atomic E-state index is 11.8. The molecule has 0 saturated heterocycles. The van der Waals surface area contributed by atoms with Gasteiger partial charge in [-0.1, -0.05) is 0 Å². The maximum Gasteiger partial charge on any atom is 0.272 e. The SMILES string of the molecule is CC(NC(=O)c1ccc(=O)[nH]n1)c1ccsc1. The van der Waals surface area contributed by atoms with Crippen molar-refractivity contribution in [2.24, 2.45) is 0 Å². The summed E-state index contributed by atoms with van der Waals surface area (Å²) in [4.78, 5) is 22.6. The van der Waals surface area contributed by atoms with E-state index in [9.17, 15) is 9.59 Å². The first-order chi connectivity index (χ1) is 8.16. The second-order valence-electron chi connectivity index (χ2n) is 3.56. The molecule has 0 bridgehead atoms. The number of H-pyrrole nitrogens is 1. The summed E-state index contributed by atoms with van der Waals surface area (Å²) in [7, 11) is 0. The molecule has 2 aromatic rings. The Balaban J connectivity index is 2.07. The summed E-state index contributed by atoms with van der Waals surface area (Å²) in [5, 5.41) is 12.6. The molecule has 2 heterocycles. The zero-order valence-electron chi connectivity index (χ0n) is 9.14. The highest BCUT2D eigenvalue weighted by molar-refractivity contribution is 7.07. The molecule has 88 valence electrons. The van der Waals surface area contributed by atoms with Gasteiger partial charge < -0.3 is 5.32 Å². The van der Waals surface area contributed by atoms with Crippen LogP contribution in [-0.4, -0.2) is 16.1 Å². The van der Waals surface area contributed by atoms with Crippen LogP contribution in [0.1, 0.15) is 29.0 Å². The summed E-state index contributed by atoms with van der Waals surface area (Å²) in [6.07, 6.45) is 0. The minimum Gasteiger partial charge on any atom is -0.344 e. The third-order valence-electron chi connectivity index (χ3n) is 2.30. The molecule has 1 amide bonds. The molecule has 0 aromatic carbocycles. The van der Waals surface area contributed by atoms with Gasteiger partial charge in [-0.2, -0.15) is 16.4 Å². The van der Waals surface area contributed by atoms with Crippen LogP contribution >= 0.6 is 11.3 Å². The van der Waals surface area contributed by atoms with Gasteiger partial charge in [0.15, 0.2) is 0 Å². The van der Waals surface area contributed by atoms with E-state index in [4.69, 9.17) is 0 Å². The van der Waals surface area contributed by atoms with Crippen molar-refractivity contribution in [2.45, 2.75) is 13.0 Å². The van der Waals surface area contributed by atoms with Crippen molar-refractivity contribution in [3.63, 3.8) is 0 Å². The van der Waals surface area contributed by atoms with E-state index in [1.54, 1.807) is 11.3 Å². The van der Waals surface area contributed by atoms with E-state index in [0.29, 0.717) is 0 Å². The van der Waals surface area contributed by atoms with Gasteiger partial charge >= 0.3 is 0 Å². The number of hydrogen-bond acceptors (Lipinski definition) is 4. The zero-order chi connectivity index (χ0) is 12.3. The van der Waals surface area contributed by atoms with Crippen LogP contribution in [0.2, 0.25) is 0 Å². The largest absolute Gasteiger partial charge is 0.344 e. The van der Waals surface area contributed by atoms with Crippen LogP contribution in [0.4, 0.5) is 0 Å². The zero-order valence-corrected chi connectivity index (χ0v) is 9.95. The molecule has 0 aliphatic rings. The van der Waals surface area contributed by atoms with Gasteiger partial charge in [0.1, 0.15) is 5.69 Å². The van der Waals surface area contributed by atoms with E-state index in [1.165, 1.54) is 12.1 Å². The first-order valence-corrected chi connectivity index (χ1v) is 6.00. The second-order valence-corrected chi connectivity index (χ2v) is 4.34. The van der Waals surface area contributed by atoms with Gasteiger partial charge in [-0.25, -0.2) is 5.10 Å². The molecule has 17 heavy (non-hydrogen) atoms. The summed E-state index contributed by atoms with van der Waals surface area (Å²) in [5.74, 6) is -0.306. The van der Waals surface area contributed by atoms with Crippen LogP contribution in [0.3, 0.4) is 0 Å². The molecule has 2 rings (SSSR count). The van der Waals surface area contributed by atoms with E-state index in [1.807, 2.05) is 23.8 Å². The number of amides is 1. The Kier molecular flexibility index (Phi) is 3.34. The highest BCUT2D eigenvalue weighted by Crippen LogP contribution is 2.15. The smallest absolute Gasteiger partial charge is 0.272 e. The van der Waals surface area contributed by atoms with Crippen molar-refractivity contribution >= 4 is 17.2 Å². The van der Waals surface area contributed by atoms with Gasteiger partial charge in [-0.3, -0.25) is 9.59 Å². The van der Waals surface area contributed by atoms with Crippen molar-refractivity contribution in [3.8, 4) is 0 Å². The Bertz CT molecular complexity index is 542. The van der Waals surface area contributed by atoms with Gasteiger partial charge in [0, 0.05) is 6.07 Å². The fourth-order valence-corrected chi connectivity index (χ4v) is 2.10. The van der Waals surface area contributed by atoms with E-state index in [0.717, 1.165) is 5.56 Å². The number of thiophene rings is 1. The number of carbonyl (C=O) groups is 1. The summed E-state index contributed by atoms with van der Waals surface area (Å²) < 4.78 is 0. The third-order valence-corrected chi connectivity index (χ3v) is 3.00. The first-order valence-electron chi connectivity index (χ1n) is 5.05. The quantitative estimate of drug-likeness (QED) is 0.861. The Labute approximate surface area is 102 Å². The summed E-state index contributed by atoms with van der Waals surface area (Å²) in [6.45, 7) is 1.89. The number of carbonyl (C=O) groups excluding carboxylic acids is 1. The third kappa shape index (κ3) is 2.79. The standard InChI is InChI=1S/C11H11N3O2S/c1-7(8-4-5-17-6-8)12-11(16)9-2-3-10(15)14-13-9/h2-7H,1H3,(H,12,16)(H,14,15). The van der Waals surface area contributed by atoms with Crippen LogP contribution in [0.5, 0.6) is 0 Å². The van der Waals surface area contributed by atoms with Crippen LogP contribution in [0.25, 0.3) is 0 Å². The van der Waals surface area contributed by atoms with Crippen molar-refractivity contribution in [3.05, 3.63) is 50.6 Å². The number of aromatic amines is 1. The molecule has 1 atom stereocenters. The monoisotopic (exact) mass is 249 g/mol. The van der Waals surface area contributed by atoms with Crippen molar-refractivity contribution < 1.29 is 4.79 Å². The highest BCUT2D eigenvalue weighted by atomic mass is 32.1. The van der Waals surface area contributed by atoms with E-state index >= 15 is 0 Å². The molecule has 1 unspecified atom stereocenters. The molecule has 2 aromatic heterocycles. The second kappa shape index (κ2) is 4.92. The Morgan fingerprint density at radius 2 is 2.29 bits per heavy atom. The van der Waals surface area contributed by atoms with Crippen molar-refractivity contribution in [2.75, 3.05) is 0 Å². The van der Waals surface area contributed by atoms with Crippen LogP contribution in [0, 0.1) is 0 Å². The average molecular weight is 249 g/mol. The lowest BCUT2D eigenvalue weighted by molar-refractivity contribution is 0.0934. The fraction of sp³-hybridized carbons (Fsp3) is 0.182. The van der Waals surface area contributed by atoms with E-state index in [-0.39, 0.29) is 23.2 Å². The van der Waals surface area contributed by atoms with Gasteiger partial charge in [-0.15, -0.1) is 0 Å². The Morgan fingerprint density at radius 1 is 1.47 bits per heavy atom. The normalized spacial score (nSPS) is 12.1. The maximum absolute atomic E-state index is 11.8. The number of nitrogens with zero attached hydrogens (tertiary/aromatic N) is 1. The Hall–Kier alpha value is -1.95. The highest BCUT2D eigenvalue weighted by Gasteiger charge is 2.12. The summed E-state index contributed by atoms with van der Waals surface area (Å²) >= 11 is 1.58. The van der Waals surface area contributed by atoms with Crippen molar-refractivity contribution in [1.29, 1.82) is 0 Å². The summed E-state index contributed by atoms with van der Waals surface area (Å²) in [6, 6.07) is 4.55. The van der Waals surface area contributed by atoms with Crippen LogP contribution in [-0.2, 0) is 0 Å². The van der Waals surface area contributed by atoms with Gasteiger partial charge in [0.2, 0.25) is 0 Å². The summed E-state index contributed by atoms with van der Waals surface area (Å²) in [5.41, 5.74) is 0.923. The predicted octanol–water partition coefficient (Wildman–Crippen LogP) is 1.32. The van der Waals surface area contributed by atoms with Gasteiger partial charge in [0.25, 0.3) is 11.5 Å². The Morgan fingerprint density at radius 3 is 2.88 bits per heavy atom. The van der Waals surface area contributed by atoms with Gasteiger partial charge in [0.05, 0.1) is 6.04 Å². The molecule has 5 nitrogen and oxygen atoms in total. The molecule has 0 aliphatic heterocycles. The lowest BCUT2D eigenvalue weighted by atomic mass is 10.2. The minimum absolute atomic E-state index is 0.0810. The predicted molar refractivity (Wildman–Crippen MR) is 65.1 cm³/mol. The molecule has 6 heteroatoms. The molecular weight excluding hydrogens is 238 g/mol. The number of aromatic nitrogens is 2. The number of rotatable bonds is 3. The fourth-order valence-electron chi connectivity index (χ4n) is 1.35.